The third-order valence-electron chi connectivity index (χ3n) is 4.46. The van der Waals surface area contributed by atoms with E-state index in [2.05, 4.69) is 5.32 Å². The van der Waals surface area contributed by atoms with Crippen molar-refractivity contribution in [3.8, 4) is 0 Å². The van der Waals surface area contributed by atoms with Crippen LogP contribution in [0, 0.1) is 0 Å². The minimum atomic E-state index is -3.76. The first-order valence-corrected chi connectivity index (χ1v) is 10.3. The van der Waals surface area contributed by atoms with Crippen LogP contribution >= 0.6 is 23.2 Å². The van der Waals surface area contributed by atoms with Crippen LogP contribution in [0.3, 0.4) is 0 Å². The Bertz CT molecular complexity index is 1070. The Morgan fingerprint density at radius 2 is 1.82 bits per heavy atom. The van der Waals surface area contributed by atoms with Crippen LogP contribution < -0.4 is 5.32 Å². The van der Waals surface area contributed by atoms with Gasteiger partial charge < -0.3 is 9.73 Å². The van der Waals surface area contributed by atoms with Crippen LogP contribution in [0.15, 0.2) is 39.8 Å². The molecule has 28 heavy (non-hydrogen) atoms. The van der Waals surface area contributed by atoms with Crippen LogP contribution in [0.4, 0.5) is 4.79 Å². The van der Waals surface area contributed by atoms with Gasteiger partial charge in [-0.2, -0.15) is 0 Å². The minimum Gasteiger partial charge on any atom is -0.446 e. The highest BCUT2D eigenvalue weighted by Gasteiger charge is 2.49. The summed E-state index contributed by atoms with van der Waals surface area (Å²) in [5, 5.41) is 2.95. The maximum atomic E-state index is 12.9. The number of halogens is 2. The summed E-state index contributed by atoms with van der Waals surface area (Å²) in [6.45, 7) is 1.33. The third-order valence-corrected chi connectivity index (χ3v) is 6.89. The molecule has 1 aliphatic rings. The topological polar surface area (TPSA) is 99.9 Å². The zero-order chi connectivity index (χ0) is 20.9. The van der Waals surface area contributed by atoms with Crippen LogP contribution in [-0.4, -0.2) is 43.7 Å². The maximum Gasteiger partial charge on any atom is 0.325 e. The van der Waals surface area contributed by atoms with Crippen molar-refractivity contribution in [3.63, 3.8) is 0 Å². The Balaban J connectivity index is 1.87. The highest BCUT2D eigenvalue weighted by Crippen LogP contribution is 2.33. The second kappa shape index (κ2) is 7.07. The second-order valence-electron chi connectivity index (χ2n) is 6.58. The molecule has 8 nitrogen and oxygen atoms in total. The first kappa shape index (κ1) is 20.7. The van der Waals surface area contributed by atoms with Gasteiger partial charge in [0.2, 0.25) is 5.09 Å². The van der Waals surface area contributed by atoms with E-state index in [1.54, 1.807) is 13.0 Å². The number of imide groups is 1. The third kappa shape index (κ3) is 3.39. The van der Waals surface area contributed by atoms with Gasteiger partial charge in [-0.05, 0) is 36.8 Å². The average molecular weight is 446 g/mol. The fourth-order valence-corrected chi connectivity index (χ4v) is 3.87. The Kier molecular flexibility index (Phi) is 5.22. The van der Waals surface area contributed by atoms with E-state index in [4.69, 9.17) is 27.6 Å². The molecule has 1 atom stereocenters. The largest absolute Gasteiger partial charge is 0.446 e. The maximum absolute atomic E-state index is 12.9. The molecular formula is C17H17Cl2N3O5S. The van der Waals surface area contributed by atoms with Gasteiger partial charge >= 0.3 is 6.03 Å². The van der Waals surface area contributed by atoms with Crippen molar-refractivity contribution in [3.05, 3.63) is 51.7 Å². The summed E-state index contributed by atoms with van der Waals surface area (Å²) in [5.74, 6) is -0.369. The summed E-state index contributed by atoms with van der Waals surface area (Å²) in [6.07, 6.45) is 0. The Labute approximate surface area is 172 Å². The molecule has 1 aromatic heterocycles. The van der Waals surface area contributed by atoms with Crippen LogP contribution in [-0.2, 0) is 26.9 Å². The van der Waals surface area contributed by atoms with Gasteiger partial charge in [-0.25, -0.2) is 17.5 Å². The number of hydrogen-bond donors (Lipinski definition) is 1. The lowest BCUT2D eigenvalue weighted by Gasteiger charge is -2.22. The van der Waals surface area contributed by atoms with Crippen LogP contribution in [0.5, 0.6) is 0 Å². The molecule has 150 valence electrons. The zero-order valence-electron chi connectivity index (χ0n) is 15.2. The summed E-state index contributed by atoms with van der Waals surface area (Å²) in [6, 6.07) is 6.71. The van der Waals surface area contributed by atoms with Crippen molar-refractivity contribution < 1.29 is 22.4 Å². The molecule has 11 heteroatoms. The van der Waals surface area contributed by atoms with E-state index in [1.807, 2.05) is 0 Å². The monoisotopic (exact) mass is 445 g/mol. The van der Waals surface area contributed by atoms with Crippen LogP contribution in [0.1, 0.15) is 18.2 Å². The highest BCUT2D eigenvalue weighted by atomic mass is 35.5. The zero-order valence-corrected chi connectivity index (χ0v) is 17.5. The fourth-order valence-electron chi connectivity index (χ4n) is 2.76. The second-order valence-corrected chi connectivity index (χ2v) is 9.48. The van der Waals surface area contributed by atoms with E-state index in [1.165, 1.54) is 38.4 Å². The number of carbonyl (C=O) groups is 2. The molecule has 0 radical (unpaired) electrons. The van der Waals surface area contributed by atoms with Gasteiger partial charge in [0.15, 0.2) is 0 Å². The number of furan rings is 1. The van der Waals surface area contributed by atoms with Gasteiger partial charge in [0.25, 0.3) is 15.9 Å². The lowest BCUT2D eigenvalue weighted by Crippen LogP contribution is -2.40. The molecule has 0 saturated carbocycles. The van der Waals surface area contributed by atoms with Gasteiger partial charge in [0, 0.05) is 14.1 Å². The lowest BCUT2D eigenvalue weighted by molar-refractivity contribution is -0.131. The summed E-state index contributed by atoms with van der Waals surface area (Å²) in [7, 11) is -1.01. The number of rotatable bonds is 5. The fraction of sp³-hybridized carbons (Fsp3) is 0.294. The van der Waals surface area contributed by atoms with Crippen molar-refractivity contribution in [2.75, 3.05) is 14.1 Å². The number of carbonyl (C=O) groups excluding carboxylic acids is 2. The van der Waals surface area contributed by atoms with Crippen molar-refractivity contribution in [2.24, 2.45) is 0 Å². The molecule has 3 amide bonds. The number of nitrogens with zero attached hydrogens (tertiary/aromatic N) is 2. The molecule has 1 N–H and O–H groups in total. The van der Waals surface area contributed by atoms with Gasteiger partial charge in [-0.1, -0.05) is 29.3 Å². The highest BCUT2D eigenvalue weighted by molar-refractivity contribution is 7.88. The predicted octanol–water partition coefficient (Wildman–Crippen LogP) is 2.80. The number of hydrogen-bond acceptors (Lipinski definition) is 5. The van der Waals surface area contributed by atoms with E-state index in [9.17, 15) is 18.0 Å². The van der Waals surface area contributed by atoms with E-state index in [0.717, 1.165) is 9.21 Å². The molecule has 1 saturated heterocycles. The molecule has 1 fully saturated rings. The van der Waals surface area contributed by atoms with Crippen LogP contribution in [0.2, 0.25) is 10.0 Å². The van der Waals surface area contributed by atoms with E-state index < -0.39 is 27.5 Å². The normalized spacial score (nSPS) is 20.1. The quantitative estimate of drug-likeness (QED) is 0.713. The molecule has 1 unspecified atom stereocenters. The molecule has 0 bridgehead atoms. The van der Waals surface area contributed by atoms with Gasteiger partial charge in [-0.15, -0.1) is 0 Å². The number of benzene rings is 1. The Morgan fingerprint density at radius 1 is 1.14 bits per heavy atom. The average Bonchev–Trinajstić information content (AvgIpc) is 3.17. The van der Waals surface area contributed by atoms with Gasteiger partial charge in [0.05, 0.1) is 16.6 Å². The van der Waals surface area contributed by atoms with Gasteiger partial charge in [0.1, 0.15) is 11.3 Å². The van der Waals surface area contributed by atoms with Crippen molar-refractivity contribution in [1.29, 1.82) is 0 Å². The number of urea groups is 1. The first-order valence-electron chi connectivity index (χ1n) is 8.07. The predicted molar refractivity (Wildman–Crippen MR) is 102 cm³/mol. The standard InChI is InChI=1S/C17H17Cl2N3O5S/c1-17(10-4-6-12(18)13(19)8-10)15(23)22(16(24)20-17)9-11-5-7-14(27-11)28(25,26)21(2)3/h4-8H,9H2,1-3H3,(H,20,24). The molecule has 0 aliphatic carbocycles. The number of nitrogens with one attached hydrogen (secondary N) is 1. The number of amides is 3. The lowest BCUT2D eigenvalue weighted by atomic mass is 9.92. The summed E-state index contributed by atoms with van der Waals surface area (Å²) in [5.41, 5.74) is -0.866. The van der Waals surface area contributed by atoms with Crippen molar-refractivity contribution in [2.45, 2.75) is 24.1 Å². The summed E-state index contributed by atoms with van der Waals surface area (Å²) in [4.78, 5) is 26.3. The Hall–Kier alpha value is -2.07. The Morgan fingerprint density at radius 3 is 2.43 bits per heavy atom. The summed E-state index contributed by atoms with van der Waals surface area (Å²) >= 11 is 11.9. The smallest absolute Gasteiger partial charge is 0.325 e. The van der Waals surface area contributed by atoms with Gasteiger partial charge in [-0.3, -0.25) is 9.69 Å². The van der Waals surface area contributed by atoms with Crippen molar-refractivity contribution in [1.82, 2.24) is 14.5 Å². The molecule has 3 rings (SSSR count). The molecule has 1 aromatic carbocycles. The minimum absolute atomic E-state index is 0.155. The molecule has 2 heterocycles. The molecular weight excluding hydrogens is 429 g/mol. The van der Waals surface area contributed by atoms with E-state index in [-0.39, 0.29) is 22.4 Å². The first-order chi connectivity index (χ1) is 13.0. The number of sulfonamides is 1. The molecule has 0 spiro atoms. The van der Waals surface area contributed by atoms with E-state index in [0.29, 0.717) is 10.6 Å². The van der Waals surface area contributed by atoms with Crippen molar-refractivity contribution >= 4 is 45.2 Å². The molecule has 2 aromatic rings. The van der Waals surface area contributed by atoms with E-state index >= 15 is 0 Å². The summed E-state index contributed by atoms with van der Waals surface area (Å²) < 4.78 is 30.6. The molecule has 1 aliphatic heterocycles. The van der Waals surface area contributed by atoms with Crippen LogP contribution in [0.25, 0.3) is 0 Å². The SMILES string of the molecule is CN(C)S(=O)(=O)c1ccc(CN2C(=O)NC(C)(c3ccc(Cl)c(Cl)c3)C2=O)o1.